The van der Waals surface area contributed by atoms with Crippen molar-refractivity contribution < 1.29 is 8.83 Å². The van der Waals surface area contributed by atoms with Crippen LogP contribution in [0.15, 0.2) is 4.44 Å². The summed E-state index contributed by atoms with van der Waals surface area (Å²) in [5.74, 6) is -0.685. The van der Waals surface area contributed by atoms with Gasteiger partial charge in [0.2, 0.25) is 0 Å². The van der Waals surface area contributed by atoms with E-state index in [2.05, 4.69) is 14.8 Å². The molecule has 0 aliphatic rings. The van der Waals surface area contributed by atoms with Crippen molar-refractivity contribution in [3.63, 3.8) is 0 Å². The zero-order valence-electron chi connectivity index (χ0n) is 2.76. The van der Waals surface area contributed by atoms with Crippen LogP contribution in [0, 0.1) is 5.84 Å². The first-order valence-corrected chi connectivity index (χ1v) is 1.32. The Labute approximate surface area is 33.4 Å². The molecule has 0 aliphatic heterocycles. The Morgan fingerprint density at radius 1 is 1.83 bits per heavy atom. The van der Waals surface area contributed by atoms with E-state index in [-0.39, 0.29) is 0 Å². The van der Waals surface area contributed by atoms with Crippen LogP contribution in [0.2, 0.25) is 0 Å². The number of nitrogens with zero attached hydrogens (tertiary/aromatic N) is 2. The topological polar surface area (TPSA) is 38.9 Å². The molecule has 1 aromatic rings. The molecular formula is CBFN2O. The fourth-order valence-electron chi connectivity index (χ4n) is 0.153. The van der Waals surface area contributed by atoms with Crippen LogP contribution in [0.25, 0.3) is 0 Å². The van der Waals surface area contributed by atoms with E-state index in [1.54, 1.807) is 0 Å². The van der Waals surface area contributed by atoms with Crippen molar-refractivity contribution in [2.45, 2.75) is 0 Å². The van der Waals surface area contributed by atoms with E-state index in [1.165, 1.54) is 0 Å². The van der Waals surface area contributed by atoms with Crippen molar-refractivity contribution in [3.8, 4) is 0 Å². The first-order chi connectivity index (χ1) is 2.89. The average molecular weight is 85.8 g/mol. The number of halogens is 1. The fraction of sp³-hybridized carbons (Fsp3) is 0. The summed E-state index contributed by atoms with van der Waals surface area (Å²) >= 11 is 0. The van der Waals surface area contributed by atoms with Crippen LogP contribution in [-0.4, -0.2) is 17.5 Å². The fourth-order valence-corrected chi connectivity index (χ4v) is 0.153. The van der Waals surface area contributed by atoms with Crippen LogP contribution in [-0.2, 0) is 0 Å². The van der Waals surface area contributed by atoms with E-state index in [9.17, 15) is 4.39 Å². The summed E-state index contributed by atoms with van der Waals surface area (Å²) in [6.07, 6.45) is 0. The molecule has 1 aromatic heterocycles. The molecule has 0 amide bonds. The van der Waals surface area contributed by atoms with E-state index in [0.29, 0.717) is 0 Å². The van der Waals surface area contributed by atoms with Crippen LogP contribution in [0.4, 0.5) is 4.39 Å². The quantitative estimate of drug-likeness (QED) is 0.429. The van der Waals surface area contributed by atoms with Gasteiger partial charge in [0.25, 0.3) is 0 Å². The molecule has 1 heterocycles. The summed E-state index contributed by atoms with van der Waals surface area (Å²) < 4.78 is 15.4. The number of rotatable bonds is 0. The van der Waals surface area contributed by atoms with E-state index in [4.69, 9.17) is 0 Å². The van der Waals surface area contributed by atoms with Crippen molar-refractivity contribution in [2.75, 3.05) is 0 Å². The molecule has 0 radical (unpaired) electrons. The van der Waals surface area contributed by atoms with Gasteiger partial charge in [-0.3, -0.25) is 0 Å². The molecule has 0 fully saturated rings. The van der Waals surface area contributed by atoms with Crippen molar-refractivity contribution in [3.05, 3.63) is 5.84 Å². The Balaban J connectivity index is 3.05. The summed E-state index contributed by atoms with van der Waals surface area (Å²) in [6.45, 7) is 0. The van der Waals surface area contributed by atoms with E-state index in [0.717, 1.165) is 7.13 Å². The number of aromatic nitrogens is 2. The second-order valence-electron chi connectivity index (χ2n) is 0.728. The SMILES string of the molecule is Fc1bonn1. The molecular weight excluding hydrogens is 85.8 g/mol. The Morgan fingerprint density at radius 3 is 2.83 bits per heavy atom. The van der Waals surface area contributed by atoms with Crippen molar-refractivity contribution in [1.29, 1.82) is 0 Å². The van der Waals surface area contributed by atoms with Gasteiger partial charge >= 0.3 is 32.2 Å². The molecule has 0 spiro atoms. The third-order valence-electron chi connectivity index (χ3n) is 0.333. The maximum absolute atomic E-state index is 11.4. The van der Waals surface area contributed by atoms with E-state index in [1.807, 2.05) is 0 Å². The van der Waals surface area contributed by atoms with Gasteiger partial charge < -0.3 is 0 Å². The predicted octanol–water partition coefficient (Wildman–Crippen LogP) is -0.453. The van der Waals surface area contributed by atoms with Crippen LogP contribution < -0.4 is 0 Å². The Bertz CT molecular complexity index is 117. The van der Waals surface area contributed by atoms with E-state index < -0.39 is 5.84 Å². The van der Waals surface area contributed by atoms with Gasteiger partial charge in [0, 0.05) is 0 Å². The van der Waals surface area contributed by atoms with Gasteiger partial charge in [-0.1, -0.05) is 0 Å². The third kappa shape index (κ3) is 0.427. The summed E-state index contributed by atoms with van der Waals surface area (Å²) in [4.78, 5) is 0. The second kappa shape index (κ2) is 1.16. The molecule has 0 saturated carbocycles. The Kier molecular flexibility index (Phi) is 0.667. The molecule has 30 valence electrons. The first-order valence-electron chi connectivity index (χ1n) is 1.32. The molecule has 0 unspecified atom stereocenters. The standard InChI is InChI=1S/CBFN2O/c3-1-2-6-5-4-1. The van der Waals surface area contributed by atoms with Gasteiger partial charge in [-0.25, -0.2) is 0 Å². The zero-order chi connectivity index (χ0) is 4.41. The summed E-state index contributed by atoms with van der Waals surface area (Å²) in [7, 11) is 0.819. The van der Waals surface area contributed by atoms with Gasteiger partial charge in [-0.2, -0.15) is 0 Å². The maximum atomic E-state index is 11.4. The van der Waals surface area contributed by atoms with Gasteiger partial charge in [0.15, 0.2) is 0 Å². The van der Waals surface area contributed by atoms with Crippen molar-refractivity contribution in [2.24, 2.45) is 0 Å². The average Bonchev–Trinajstić information content (AvgIpc) is 1.86. The molecule has 0 aliphatic carbocycles. The van der Waals surface area contributed by atoms with Crippen LogP contribution in [0.3, 0.4) is 0 Å². The van der Waals surface area contributed by atoms with Gasteiger partial charge in [0.05, 0.1) is 0 Å². The molecule has 1 rings (SSSR count). The van der Waals surface area contributed by atoms with Crippen LogP contribution in [0.5, 0.6) is 0 Å². The molecule has 0 N–H and O–H groups in total. The molecule has 3 nitrogen and oxygen atoms in total. The van der Waals surface area contributed by atoms with Gasteiger partial charge in [-0.15, -0.1) is 0 Å². The van der Waals surface area contributed by atoms with Crippen molar-refractivity contribution in [1.82, 2.24) is 10.4 Å². The first kappa shape index (κ1) is 3.45. The molecule has 0 atom stereocenters. The normalized spacial score (nSPS) is 8.17. The van der Waals surface area contributed by atoms with Crippen LogP contribution in [0.1, 0.15) is 0 Å². The minimum atomic E-state index is -0.685. The summed E-state index contributed by atoms with van der Waals surface area (Å²) in [5.41, 5.74) is 0. The second-order valence-corrected chi connectivity index (χ2v) is 0.728. The minimum absolute atomic E-state index is 0.685. The summed E-state index contributed by atoms with van der Waals surface area (Å²) in [5, 5.41) is 5.66. The molecule has 0 bridgehead atoms. The summed E-state index contributed by atoms with van der Waals surface area (Å²) in [6, 6.07) is 0. The molecule has 0 saturated heterocycles. The van der Waals surface area contributed by atoms with Crippen molar-refractivity contribution >= 4 is 7.13 Å². The third-order valence-corrected chi connectivity index (χ3v) is 0.333. The monoisotopic (exact) mass is 86.0 g/mol. The van der Waals surface area contributed by atoms with Gasteiger partial charge in [-0.05, 0) is 0 Å². The molecule has 5 heteroatoms. The Hall–Kier alpha value is -0.735. The predicted molar refractivity (Wildman–Crippen MR) is 15.6 cm³/mol. The number of hydrogen-bond donors (Lipinski definition) is 0. The van der Waals surface area contributed by atoms with Gasteiger partial charge in [0.1, 0.15) is 0 Å². The van der Waals surface area contributed by atoms with E-state index >= 15 is 0 Å². The Morgan fingerprint density at radius 2 is 2.67 bits per heavy atom. The molecule has 6 heavy (non-hydrogen) atoms. The number of hydrogen-bond acceptors (Lipinski definition) is 3. The van der Waals surface area contributed by atoms with Crippen LogP contribution >= 0.6 is 0 Å². The molecule has 0 aromatic carbocycles. The zero-order valence-corrected chi connectivity index (χ0v) is 2.76.